The van der Waals surface area contributed by atoms with E-state index in [0.29, 0.717) is 5.76 Å². The number of aliphatic hydroxyl groups is 1. The normalized spacial score (nSPS) is 10.3. The van der Waals surface area contributed by atoms with E-state index in [9.17, 15) is 9.90 Å². The van der Waals surface area contributed by atoms with Gasteiger partial charge in [-0.25, -0.2) is 4.79 Å². The zero-order chi connectivity index (χ0) is 22.7. The van der Waals surface area contributed by atoms with Crippen LogP contribution < -0.4 is 0 Å². The minimum atomic E-state index is -0.856. The number of carbonyl (C=O) groups excluding carboxylic acids is 1. The van der Waals surface area contributed by atoms with E-state index in [-0.39, 0.29) is 13.2 Å². The van der Waals surface area contributed by atoms with Crippen LogP contribution in [0.2, 0.25) is 0 Å². The summed E-state index contributed by atoms with van der Waals surface area (Å²) in [7, 11) is 0. The molecule has 0 aliphatic heterocycles. The predicted molar refractivity (Wildman–Crippen MR) is 121 cm³/mol. The summed E-state index contributed by atoms with van der Waals surface area (Å²) in [5.41, 5.74) is 0. The minimum absolute atomic E-state index is 0.0642. The largest absolute Gasteiger partial charge is 0.495 e. The van der Waals surface area contributed by atoms with E-state index >= 15 is 0 Å². The number of rotatable bonds is 8. The van der Waals surface area contributed by atoms with Crippen LogP contribution in [0.3, 0.4) is 0 Å². The van der Waals surface area contributed by atoms with Gasteiger partial charge >= 0.3 is 5.97 Å². The van der Waals surface area contributed by atoms with Crippen LogP contribution in [0.1, 0.15) is 69.2 Å². The molecule has 0 fully saturated rings. The summed E-state index contributed by atoms with van der Waals surface area (Å²) in [5, 5.41) is 9.42. The van der Waals surface area contributed by atoms with E-state index in [0.717, 1.165) is 12.0 Å². The van der Waals surface area contributed by atoms with E-state index in [1.165, 1.54) is 0 Å². The zero-order valence-corrected chi connectivity index (χ0v) is 19.5. The molecular weight excluding hydrogens is 340 g/mol. The molecule has 1 atom stereocenters. The molecule has 0 aromatic rings. The Hall–Kier alpha value is -1.81. The molecule has 0 rings (SSSR count). The van der Waals surface area contributed by atoms with Crippen molar-refractivity contribution in [3.8, 4) is 0 Å². The molecule has 27 heavy (non-hydrogen) atoms. The van der Waals surface area contributed by atoms with Crippen molar-refractivity contribution in [1.29, 1.82) is 0 Å². The van der Waals surface area contributed by atoms with Gasteiger partial charge in [0, 0.05) is 6.08 Å². The number of hydrogen-bond donors (Lipinski definition) is 1. The van der Waals surface area contributed by atoms with Gasteiger partial charge in [-0.1, -0.05) is 93.7 Å². The topological polar surface area (TPSA) is 55.8 Å². The molecule has 0 heterocycles. The minimum Gasteiger partial charge on any atom is -0.495 e. The molecule has 0 aliphatic carbocycles. The van der Waals surface area contributed by atoms with E-state index in [1.807, 2.05) is 41.5 Å². The fourth-order valence-electron chi connectivity index (χ4n) is 0.831. The molecule has 162 valence electrons. The highest BCUT2D eigenvalue weighted by molar-refractivity contribution is 5.81. The van der Waals surface area contributed by atoms with Crippen LogP contribution in [-0.2, 0) is 14.3 Å². The van der Waals surface area contributed by atoms with Crippen molar-refractivity contribution in [3.05, 3.63) is 49.3 Å². The van der Waals surface area contributed by atoms with Gasteiger partial charge in [-0.3, -0.25) is 0 Å². The van der Waals surface area contributed by atoms with Gasteiger partial charge in [0.05, 0.1) is 5.76 Å². The molecule has 0 aromatic carbocycles. The summed E-state index contributed by atoms with van der Waals surface area (Å²) in [6.45, 7) is 27.0. The van der Waals surface area contributed by atoms with Gasteiger partial charge in [-0.15, -0.1) is 0 Å². The maximum Gasteiger partial charge on any atom is 0.330 e. The van der Waals surface area contributed by atoms with Crippen LogP contribution in [0, 0.1) is 5.92 Å². The van der Waals surface area contributed by atoms with Gasteiger partial charge in [0.25, 0.3) is 0 Å². The second-order valence-corrected chi connectivity index (χ2v) is 4.93. The quantitative estimate of drug-likeness (QED) is 0.224. The first kappa shape index (κ1) is 36.2. The van der Waals surface area contributed by atoms with Crippen LogP contribution in [0.15, 0.2) is 49.3 Å². The van der Waals surface area contributed by atoms with Crippen molar-refractivity contribution < 1.29 is 19.4 Å². The van der Waals surface area contributed by atoms with E-state index in [4.69, 9.17) is 4.74 Å². The first-order valence-electron chi connectivity index (χ1n) is 9.89. The molecule has 1 N–H and O–H groups in total. The Labute approximate surface area is 169 Å². The fourth-order valence-corrected chi connectivity index (χ4v) is 0.831. The van der Waals surface area contributed by atoms with Crippen LogP contribution in [0.4, 0.5) is 0 Å². The highest BCUT2D eigenvalue weighted by atomic mass is 16.5. The zero-order valence-electron chi connectivity index (χ0n) is 19.5. The van der Waals surface area contributed by atoms with Crippen molar-refractivity contribution in [2.24, 2.45) is 5.92 Å². The van der Waals surface area contributed by atoms with Crippen LogP contribution in [-0.4, -0.2) is 30.4 Å². The van der Waals surface area contributed by atoms with Gasteiger partial charge < -0.3 is 14.6 Å². The summed E-state index contributed by atoms with van der Waals surface area (Å²) in [4.78, 5) is 10.7. The number of carbonyl (C=O) groups is 1. The van der Waals surface area contributed by atoms with E-state index in [1.54, 1.807) is 31.2 Å². The first-order chi connectivity index (χ1) is 12.8. The summed E-state index contributed by atoms with van der Waals surface area (Å²) in [5.74, 6) is 0.919. The summed E-state index contributed by atoms with van der Waals surface area (Å²) < 4.78 is 9.87. The maximum absolute atomic E-state index is 10.7. The summed E-state index contributed by atoms with van der Waals surface area (Å²) in [6, 6.07) is 0. The van der Waals surface area contributed by atoms with E-state index < -0.39 is 12.1 Å². The molecule has 0 bridgehead atoms. The Morgan fingerprint density at radius 2 is 1.33 bits per heavy atom. The predicted octanol–water partition coefficient (Wildman–Crippen LogP) is 6.48. The molecule has 0 saturated carbocycles. The second kappa shape index (κ2) is 35.3. The summed E-state index contributed by atoms with van der Waals surface area (Å²) >= 11 is 0. The second-order valence-electron chi connectivity index (χ2n) is 4.93. The monoisotopic (exact) mass is 386 g/mol. The Bertz CT molecular complexity index is 353. The van der Waals surface area contributed by atoms with Gasteiger partial charge in [0.15, 0.2) is 0 Å². The Balaban J connectivity index is -0.000000136. The first-order valence-corrected chi connectivity index (χ1v) is 9.89. The maximum atomic E-state index is 10.7. The number of hydrogen-bond acceptors (Lipinski definition) is 4. The molecule has 0 spiro atoms. The van der Waals surface area contributed by atoms with Crippen molar-refractivity contribution in [2.45, 2.75) is 75.3 Å². The molecule has 0 radical (unpaired) electrons. The van der Waals surface area contributed by atoms with Crippen LogP contribution >= 0.6 is 0 Å². The molecule has 4 heteroatoms. The smallest absolute Gasteiger partial charge is 0.330 e. The SMILES string of the molecule is C=C/C=C\C=C(/C)OCC(O)COC(=O)C=C.CC.CC.CC.CC(C)C. The Morgan fingerprint density at radius 3 is 1.70 bits per heavy atom. The third-order valence-electron chi connectivity index (χ3n) is 1.67. The molecule has 0 saturated heterocycles. The van der Waals surface area contributed by atoms with Crippen LogP contribution in [0.5, 0.6) is 0 Å². The van der Waals surface area contributed by atoms with Crippen molar-refractivity contribution in [2.75, 3.05) is 13.2 Å². The molecular formula is C23H46O4. The Kier molecular flexibility index (Phi) is 47.3. The number of aliphatic hydroxyl groups excluding tert-OH is 1. The van der Waals surface area contributed by atoms with Crippen molar-refractivity contribution in [1.82, 2.24) is 0 Å². The van der Waals surface area contributed by atoms with Crippen LogP contribution in [0.25, 0.3) is 0 Å². The van der Waals surface area contributed by atoms with Crippen molar-refractivity contribution in [3.63, 3.8) is 0 Å². The Morgan fingerprint density at radius 1 is 0.926 bits per heavy atom. The van der Waals surface area contributed by atoms with E-state index in [2.05, 4.69) is 38.7 Å². The lowest BCUT2D eigenvalue weighted by atomic mass is 10.3. The average molecular weight is 387 g/mol. The molecule has 0 aliphatic rings. The third kappa shape index (κ3) is 51.6. The van der Waals surface area contributed by atoms with Gasteiger partial charge in [0.2, 0.25) is 0 Å². The third-order valence-corrected chi connectivity index (χ3v) is 1.67. The fraction of sp³-hybridized carbons (Fsp3) is 0.609. The standard InChI is InChI=1S/C13H18O4.C4H10.3C2H6/c1-4-6-7-8-11(3)16-9-12(14)10-17-13(15)5-2;1-4(2)3;3*1-2/h4-8,12,14H,1-2,9-10H2,3H3;4H,1-3H3;3*1-2H3/b7-6-,11-8+;;;;. The molecule has 1 unspecified atom stereocenters. The van der Waals surface area contributed by atoms with Gasteiger partial charge in [0.1, 0.15) is 19.3 Å². The lowest BCUT2D eigenvalue weighted by Gasteiger charge is -2.12. The highest BCUT2D eigenvalue weighted by Gasteiger charge is 2.07. The number of esters is 1. The number of allylic oxidation sites excluding steroid dienone is 5. The lowest BCUT2D eigenvalue weighted by Crippen LogP contribution is -2.22. The number of ether oxygens (including phenoxy) is 2. The van der Waals surface area contributed by atoms with Gasteiger partial charge in [-0.2, -0.15) is 0 Å². The molecule has 0 aromatic heterocycles. The molecule has 0 amide bonds. The van der Waals surface area contributed by atoms with Gasteiger partial charge in [-0.05, 0) is 18.9 Å². The molecule has 4 nitrogen and oxygen atoms in total. The van der Waals surface area contributed by atoms with Crippen molar-refractivity contribution >= 4 is 5.97 Å². The lowest BCUT2D eigenvalue weighted by molar-refractivity contribution is -0.141. The average Bonchev–Trinajstić information content (AvgIpc) is 2.69. The summed E-state index contributed by atoms with van der Waals surface area (Å²) in [6.07, 6.45) is 7.10. The highest BCUT2D eigenvalue weighted by Crippen LogP contribution is 1.98.